The molecule has 0 unspecified atom stereocenters. The fourth-order valence-electron chi connectivity index (χ4n) is 3.71. The Kier molecular flexibility index (Phi) is 8.49. The minimum absolute atomic E-state index is 0.0190. The van der Waals surface area contributed by atoms with Crippen LogP contribution in [0.4, 0.5) is 0 Å². The quantitative estimate of drug-likeness (QED) is 0.0689. The number of benzene rings is 3. The SMILES string of the molecule is C=C/C=C\C(=C(/C)C(=O)O)c1c2ccc(=O)c(I)c-2oc2c(I)c(OS(=O)(=O)c3ccc(Br)cc3)ccc12. The topological polar surface area (TPSA) is 111 Å². The molecule has 0 atom stereocenters. The summed E-state index contributed by atoms with van der Waals surface area (Å²) >= 11 is 7.08. The molecule has 0 saturated carbocycles. The maximum atomic E-state index is 13.0. The molecule has 1 N–H and O–H groups in total. The zero-order chi connectivity index (χ0) is 27.8. The molecule has 0 bridgehead atoms. The Labute approximate surface area is 253 Å². The number of aliphatic carboxylic acids is 1. The van der Waals surface area contributed by atoms with Crippen molar-refractivity contribution in [3.05, 3.63) is 106 Å². The third kappa shape index (κ3) is 5.46. The van der Waals surface area contributed by atoms with Crippen LogP contribution in [0.3, 0.4) is 0 Å². The van der Waals surface area contributed by atoms with Gasteiger partial charge in [0.1, 0.15) is 12.0 Å². The second-order valence-corrected chi connectivity index (χ2v) is 12.5. The summed E-state index contributed by atoms with van der Waals surface area (Å²) in [6.07, 6.45) is 4.76. The van der Waals surface area contributed by atoms with E-state index >= 15 is 0 Å². The number of hydrogen-bond acceptors (Lipinski definition) is 6. The van der Waals surface area contributed by atoms with Crippen LogP contribution >= 0.6 is 61.1 Å². The molecule has 1 aliphatic heterocycles. The van der Waals surface area contributed by atoms with Gasteiger partial charge in [0.25, 0.3) is 0 Å². The average Bonchev–Trinajstić information content (AvgIpc) is 2.88. The van der Waals surface area contributed by atoms with Gasteiger partial charge in [0, 0.05) is 26.6 Å². The Morgan fingerprint density at radius 2 is 1.76 bits per heavy atom. The van der Waals surface area contributed by atoms with Crippen molar-refractivity contribution in [2.45, 2.75) is 11.8 Å². The fraction of sp³-hybridized carbons (Fsp3) is 0.0370. The molecular formula is C27H17BrI2O7S. The van der Waals surface area contributed by atoms with Gasteiger partial charge >= 0.3 is 16.1 Å². The van der Waals surface area contributed by atoms with Crippen molar-refractivity contribution in [1.29, 1.82) is 0 Å². The first kappa shape index (κ1) is 28.5. The lowest BCUT2D eigenvalue weighted by atomic mass is 9.90. The van der Waals surface area contributed by atoms with Crippen LogP contribution in [0.1, 0.15) is 12.5 Å². The summed E-state index contributed by atoms with van der Waals surface area (Å²) in [7, 11) is -4.17. The van der Waals surface area contributed by atoms with Gasteiger partial charge in [-0.2, -0.15) is 8.42 Å². The highest BCUT2D eigenvalue weighted by molar-refractivity contribution is 14.1. The zero-order valence-corrected chi connectivity index (χ0v) is 26.2. The Morgan fingerprint density at radius 3 is 2.39 bits per heavy atom. The first-order valence-corrected chi connectivity index (χ1v) is 15.1. The van der Waals surface area contributed by atoms with E-state index in [4.69, 9.17) is 8.60 Å². The molecule has 0 spiro atoms. The summed E-state index contributed by atoms with van der Waals surface area (Å²) < 4.78 is 38.9. The van der Waals surface area contributed by atoms with Crippen LogP contribution in [0.2, 0.25) is 0 Å². The number of allylic oxidation sites excluding steroid dienone is 4. The van der Waals surface area contributed by atoms with Gasteiger partial charge in [-0.1, -0.05) is 40.7 Å². The van der Waals surface area contributed by atoms with Crippen molar-refractivity contribution in [2.24, 2.45) is 0 Å². The van der Waals surface area contributed by atoms with Crippen molar-refractivity contribution in [2.75, 3.05) is 0 Å². The third-order valence-electron chi connectivity index (χ3n) is 5.56. The van der Waals surface area contributed by atoms with Crippen LogP contribution in [-0.4, -0.2) is 19.5 Å². The number of halogens is 3. The number of carbonyl (C=O) groups is 1. The first-order chi connectivity index (χ1) is 18.0. The van der Waals surface area contributed by atoms with Crippen LogP contribution < -0.4 is 9.61 Å². The molecular weight excluding hydrogens is 802 g/mol. The molecule has 0 saturated heterocycles. The molecule has 7 nitrogen and oxygen atoms in total. The molecule has 4 rings (SSSR count). The summed E-state index contributed by atoms with van der Waals surface area (Å²) in [4.78, 5) is 24.5. The minimum atomic E-state index is -4.17. The van der Waals surface area contributed by atoms with Gasteiger partial charge in [0.15, 0.2) is 22.5 Å². The van der Waals surface area contributed by atoms with E-state index in [2.05, 4.69) is 22.5 Å². The van der Waals surface area contributed by atoms with Crippen LogP contribution in [0.25, 0.3) is 27.9 Å². The predicted molar refractivity (Wildman–Crippen MR) is 166 cm³/mol. The van der Waals surface area contributed by atoms with Gasteiger partial charge in [-0.25, -0.2) is 4.79 Å². The van der Waals surface area contributed by atoms with Gasteiger partial charge in [-0.15, -0.1) is 0 Å². The van der Waals surface area contributed by atoms with Crippen molar-refractivity contribution in [3.63, 3.8) is 0 Å². The number of carboxylic acid groups (broad SMARTS) is 1. The van der Waals surface area contributed by atoms with E-state index in [1.165, 1.54) is 37.3 Å². The molecule has 2 aliphatic rings. The monoisotopic (exact) mass is 818 g/mol. The Bertz CT molecular complexity index is 1800. The predicted octanol–water partition coefficient (Wildman–Crippen LogP) is 7.24. The Morgan fingerprint density at radius 1 is 1.08 bits per heavy atom. The molecule has 2 aromatic carbocycles. The van der Waals surface area contributed by atoms with Crippen LogP contribution in [0.5, 0.6) is 5.75 Å². The highest BCUT2D eigenvalue weighted by Crippen LogP contribution is 2.43. The number of rotatable bonds is 7. The van der Waals surface area contributed by atoms with Crippen LogP contribution in [0.15, 0.2) is 97.5 Å². The van der Waals surface area contributed by atoms with Gasteiger partial charge in [0.2, 0.25) is 0 Å². The summed E-state index contributed by atoms with van der Waals surface area (Å²) in [5.74, 6) is -0.860. The highest BCUT2D eigenvalue weighted by Gasteiger charge is 2.26. The van der Waals surface area contributed by atoms with Crippen molar-refractivity contribution in [1.82, 2.24) is 0 Å². The van der Waals surface area contributed by atoms with Crippen LogP contribution in [-0.2, 0) is 14.9 Å². The lowest BCUT2D eigenvalue weighted by Gasteiger charge is -2.19. The van der Waals surface area contributed by atoms with Crippen molar-refractivity contribution >= 4 is 93.7 Å². The van der Waals surface area contributed by atoms with E-state index in [-0.39, 0.29) is 33.0 Å². The van der Waals surface area contributed by atoms with Gasteiger partial charge in [-0.3, -0.25) is 4.79 Å². The summed E-state index contributed by atoms with van der Waals surface area (Å²) in [5.41, 5.74) is 1.45. The molecule has 0 fully saturated rings. The maximum Gasteiger partial charge on any atom is 0.339 e. The second kappa shape index (κ2) is 11.3. The normalized spacial score (nSPS) is 12.6. The van der Waals surface area contributed by atoms with E-state index in [1.54, 1.807) is 36.4 Å². The average molecular weight is 819 g/mol. The zero-order valence-electron chi connectivity index (χ0n) is 19.5. The lowest BCUT2D eigenvalue weighted by Crippen LogP contribution is -2.11. The fourth-order valence-corrected chi connectivity index (χ4v) is 6.34. The summed E-state index contributed by atoms with van der Waals surface area (Å²) in [5, 5.41) is 10.3. The van der Waals surface area contributed by atoms with Gasteiger partial charge < -0.3 is 13.7 Å². The summed E-state index contributed by atoms with van der Waals surface area (Å²) in [6.45, 7) is 5.15. The first-order valence-electron chi connectivity index (χ1n) is 10.8. The highest BCUT2D eigenvalue weighted by atomic mass is 127. The van der Waals surface area contributed by atoms with Crippen molar-refractivity contribution < 1.29 is 26.9 Å². The number of carboxylic acids is 1. The standard InChI is InChI=1S/C27H17BrI2O7S/c1-3-4-5-17(14(2)27(32)33)22-18-10-12-20(31)23(29)25(18)36-26-19(22)11-13-21(24(26)30)37-38(34,35)16-8-6-15(28)7-9-16/h3-13H,1H2,2H3,(H,32,33)/b5-4-,17-14-. The molecule has 0 amide bonds. The smallest absolute Gasteiger partial charge is 0.339 e. The molecule has 194 valence electrons. The van der Waals surface area contributed by atoms with E-state index in [0.717, 1.165) is 0 Å². The van der Waals surface area contributed by atoms with E-state index in [1.807, 2.05) is 45.2 Å². The molecule has 11 heteroatoms. The molecule has 1 heterocycles. The molecule has 38 heavy (non-hydrogen) atoms. The van der Waals surface area contributed by atoms with E-state index in [0.29, 0.717) is 33.7 Å². The second-order valence-electron chi connectivity index (χ2n) is 7.92. The molecule has 1 aliphatic carbocycles. The van der Waals surface area contributed by atoms with E-state index < -0.39 is 16.1 Å². The molecule has 0 radical (unpaired) electrons. The maximum absolute atomic E-state index is 13.0. The van der Waals surface area contributed by atoms with Gasteiger partial charge in [0.05, 0.1) is 0 Å². The van der Waals surface area contributed by atoms with E-state index in [9.17, 15) is 23.1 Å². The molecule has 2 aromatic rings. The van der Waals surface area contributed by atoms with Crippen molar-refractivity contribution in [3.8, 4) is 17.1 Å². The minimum Gasteiger partial charge on any atom is -0.478 e. The number of hydrogen-bond donors (Lipinski definition) is 1. The third-order valence-corrected chi connectivity index (χ3v) is 9.38. The lowest BCUT2D eigenvalue weighted by molar-refractivity contribution is -0.132. The Balaban J connectivity index is 2.06. The Hall–Kier alpha value is -2.49. The van der Waals surface area contributed by atoms with Gasteiger partial charge in [-0.05, 0) is 106 Å². The number of fused-ring (bicyclic) bond motifs is 2. The largest absolute Gasteiger partial charge is 0.478 e. The summed E-state index contributed by atoms with van der Waals surface area (Å²) in [6, 6.07) is 12.1. The van der Waals surface area contributed by atoms with Crippen LogP contribution in [0, 0.1) is 7.14 Å². The molecule has 0 aromatic heterocycles.